The van der Waals surface area contributed by atoms with E-state index in [-0.39, 0.29) is 122 Å². The average molecular weight is 1230 g/mol. The predicted molar refractivity (Wildman–Crippen MR) is 311 cm³/mol. The van der Waals surface area contributed by atoms with Crippen LogP contribution >= 0.6 is 11.6 Å². The molecular formula is C60H64ClF5N12O9. The third-order valence-electron chi connectivity index (χ3n) is 17.5. The second-order valence-electron chi connectivity index (χ2n) is 22.9. The standard InChI is InChI=1S/C60H64ClF5N12O9/c1-8-59(40-20-44-49-38(25-78(44)54(80)39(40)28-84-55(59)81)37(22-67)35-17-29(2)42(62)21-43(35)69-49)87-57(82)74(7)24-33-11-10-14-77(33)58(83)86-26-31(4)53(79)75-15-16-76(32(5)23-75)52-36-19-41(61)46(51-47(60(64,65)66)30(3)18-45(68)70-51)48(63)50(36)71-56(72-52)85-27-34-12-9-13-73(34)6/h17-21,32-34H,4,8-16,22-28,67H2,1-3,5-7H3,(H2,68,70)/t32-,33-,34-,59-/m0/s1. The van der Waals surface area contributed by atoms with E-state index < -0.39 is 93.6 Å². The van der Waals surface area contributed by atoms with Crippen LogP contribution < -0.4 is 26.7 Å². The quantitative estimate of drug-likeness (QED) is 0.0479. The van der Waals surface area contributed by atoms with Crippen molar-refractivity contribution in [2.45, 2.75) is 109 Å². The monoisotopic (exact) mass is 1230 g/mol. The number of carbonyl (C=O) groups excluding carboxylic acids is 4. The largest absolute Gasteiger partial charge is 0.462 e. The highest BCUT2D eigenvalue weighted by atomic mass is 35.5. The van der Waals surface area contributed by atoms with Gasteiger partial charge in [-0.1, -0.05) is 25.1 Å². The number of esters is 1. The zero-order chi connectivity index (χ0) is 62.3. The molecule has 0 bridgehead atoms. The van der Waals surface area contributed by atoms with Gasteiger partial charge in [-0.25, -0.2) is 33.1 Å². The van der Waals surface area contributed by atoms with E-state index >= 15 is 4.39 Å². The van der Waals surface area contributed by atoms with Gasteiger partial charge < -0.3 is 59.5 Å². The Labute approximate surface area is 500 Å². The van der Waals surface area contributed by atoms with Crippen LogP contribution in [-0.2, 0) is 55.3 Å². The molecule has 0 radical (unpaired) electrons. The minimum absolute atomic E-state index is 0.000403. The van der Waals surface area contributed by atoms with Crippen LogP contribution in [0.15, 0.2) is 47.3 Å². The first-order chi connectivity index (χ1) is 41.3. The van der Waals surface area contributed by atoms with E-state index in [0.29, 0.717) is 51.8 Å². The van der Waals surface area contributed by atoms with Gasteiger partial charge in [-0.2, -0.15) is 23.1 Å². The number of likely N-dealkylation sites (tertiary alicyclic amines) is 2. The highest BCUT2D eigenvalue weighted by molar-refractivity contribution is 6.34. The molecule has 460 valence electrons. The summed E-state index contributed by atoms with van der Waals surface area (Å²) in [6, 6.07) is 5.58. The van der Waals surface area contributed by atoms with Gasteiger partial charge in [-0.05, 0) is 107 Å². The molecule has 3 amide bonds. The van der Waals surface area contributed by atoms with Gasteiger partial charge in [0.25, 0.3) is 11.5 Å². The molecular weight excluding hydrogens is 1160 g/mol. The fourth-order valence-corrected chi connectivity index (χ4v) is 13.1. The number of nitrogens with zero attached hydrogens (tertiary/aromatic N) is 10. The van der Waals surface area contributed by atoms with E-state index in [1.807, 2.05) is 7.05 Å². The number of cyclic esters (lactones) is 1. The summed E-state index contributed by atoms with van der Waals surface area (Å²) >= 11 is 6.71. The van der Waals surface area contributed by atoms with Gasteiger partial charge in [0, 0.05) is 91.9 Å². The number of amides is 3. The smallest absolute Gasteiger partial charge is 0.418 e. The molecule has 3 saturated heterocycles. The Balaban J connectivity index is 0.757. The van der Waals surface area contributed by atoms with Gasteiger partial charge in [0.15, 0.2) is 5.82 Å². The van der Waals surface area contributed by atoms with Crippen molar-refractivity contribution in [3.8, 4) is 28.7 Å². The number of alkyl halides is 3. The van der Waals surface area contributed by atoms with Gasteiger partial charge in [0.2, 0.25) is 5.60 Å². The zero-order valence-corrected chi connectivity index (χ0v) is 49.5. The van der Waals surface area contributed by atoms with Crippen molar-refractivity contribution in [2.24, 2.45) is 5.73 Å². The third kappa shape index (κ3) is 10.8. The van der Waals surface area contributed by atoms with Gasteiger partial charge >= 0.3 is 30.3 Å². The lowest BCUT2D eigenvalue weighted by Crippen LogP contribution is -2.54. The van der Waals surface area contributed by atoms with Crippen LogP contribution in [-0.4, -0.2) is 153 Å². The second-order valence-corrected chi connectivity index (χ2v) is 23.4. The molecule has 2 aromatic carbocycles. The van der Waals surface area contributed by atoms with Crippen molar-refractivity contribution in [1.82, 2.24) is 44.1 Å². The van der Waals surface area contributed by atoms with Crippen molar-refractivity contribution >= 4 is 69.1 Å². The maximum absolute atomic E-state index is 17.1. The van der Waals surface area contributed by atoms with Crippen molar-refractivity contribution in [3.63, 3.8) is 0 Å². The predicted octanol–water partition coefficient (Wildman–Crippen LogP) is 8.14. The molecule has 6 aromatic rings. The number of carbonyl (C=O) groups is 4. The first-order valence-electron chi connectivity index (χ1n) is 28.6. The summed E-state index contributed by atoms with van der Waals surface area (Å²) in [5.74, 6) is -3.19. The molecule has 87 heavy (non-hydrogen) atoms. The fourth-order valence-electron chi connectivity index (χ4n) is 12.8. The zero-order valence-electron chi connectivity index (χ0n) is 48.7. The molecule has 3 fully saturated rings. The Morgan fingerprint density at radius 1 is 0.943 bits per heavy atom. The van der Waals surface area contributed by atoms with Gasteiger partial charge in [-0.3, -0.25) is 9.59 Å². The van der Waals surface area contributed by atoms with E-state index in [1.165, 1.54) is 45.4 Å². The molecule has 0 saturated carbocycles. The SMILES string of the molecule is C=C(COC(=O)N1CCC[C@H]1CN(C)C(=O)O[C@]1(CC)C(=O)OCc2c1cc1n(c2=O)Cc2c-1nc1cc(F)c(C)cc1c2CN)C(=O)N1CCN(c2nc(OC[C@@H]3CCCN3C)nc3c(F)c(-c4nc(N)cc(C)c4C(F)(F)F)c(Cl)cc23)[C@@H](C)C1. The fraction of sp³-hybridized carbons (Fsp3) is 0.450. The van der Waals surface area contributed by atoms with E-state index in [4.69, 9.17) is 52.0 Å². The summed E-state index contributed by atoms with van der Waals surface area (Å²) in [6.07, 6.45) is -4.03. The van der Waals surface area contributed by atoms with Crippen LogP contribution in [0, 0.1) is 25.5 Å². The van der Waals surface area contributed by atoms with E-state index in [9.17, 15) is 41.5 Å². The molecule has 9 heterocycles. The summed E-state index contributed by atoms with van der Waals surface area (Å²) in [7, 11) is 3.38. The molecule has 5 aliphatic heterocycles. The summed E-state index contributed by atoms with van der Waals surface area (Å²) in [5.41, 5.74) is 9.33. The Morgan fingerprint density at radius 2 is 1.69 bits per heavy atom. The van der Waals surface area contributed by atoms with Gasteiger partial charge in [0.1, 0.15) is 42.8 Å². The number of nitrogen functional groups attached to an aromatic ring is 1. The van der Waals surface area contributed by atoms with E-state index in [2.05, 4.69) is 21.4 Å². The van der Waals surface area contributed by atoms with Crippen molar-refractivity contribution in [3.05, 3.63) is 108 Å². The number of hydrogen-bond acceptors (Lipinski definition) is 17. The molecule has 0 aliphatic carbocycles. The van der Waals surface area contributed by atoms with Crippen LogP contribution in [0.5, 0.6) is 6.01 Å². The minimum atomic E-state index is -4.95. The topological polar surface area (TPSA) is 247 Å². The van der Waals surface area contributed by atoms with Crippen LogP contribution in [0.25, 0.3) is 44.5 Å². The van der Waals surface area contributed by atoms with Crippen LogP contribution in [0.3, 0.4) is 0 Å². The number of likely N-dealkylation sites (N-methyl/N-ethyl adjacent to an activating group) is 2. The maximum atomic E-state index is 17.1. The van der Waals surface area contributed by atoms with Crippen LogP contribution in [0.2, 0.25) is 5.02 Å². The Hall–Kier alpha value is -8.23. The maximum Gasteiger partial charge on any atom is 0.418 e. The van der Waals surface area contributed by atoms with E-state index in [1.54, 1.807) is 37.8 Å². The number of rotatable bonds is 13. The lowest BCUT2D eigenvalue weighted by atomic mass is 9.85. The second kappa shape index (κ2) is 23.1. The normalized spacial score (nSPS) is 20.2. The number of ether oxygens (including phenoxy) is 4. The third-order valence-corrected chi connectivity index (χ3v) is 17.8. The number of hydrogen-bond donors (Lipinski definition) is 2. The molecule has 0 spiro atoms. The van der Waals surface area contributed by atoms with Gasteiger partial charge in [0.05, 0.1) is 56.9 Å². The number of benzene rings is 2. The Bertz CT molecular complexity index is 3940. The minimum Gasteiger partial charge on any atom is -0.462 e. The molecule has 27 heteroatoms. The number of anilines is 2. The number of nitrogens with two attached hydrogens (primary N) is 2. The molecule has 0 unspecified atom stereocenters. The number of fused-ring (bicyclic) bond motifs is 6. The number of aromatic nitrogens is 5. The molecule has 4 aromatic heterocycles. The molecule has 4 atom stereocenters. The number of pyridine rings is 3. The van der Waals surface area contributed by atoms with Crippen LogP contribution in [0.4, 0.5) is 43.2 Å². The summed E-state index contributed by atoms with van der Waals surface area (Å²) in [5, 5.41) is 0.314. The number of piperazine rings is 1. The highest BCUT2D eigenvalue weighted by Gasteiger charge is 2.51. The highest BCUT2D eigenvalue weighted by Crippen LogP contribution is 2.46. The van der Waals surface area contributed by atoms with Crippen molar-refractivity contribution in [1.29, 1.82) is 0 Å². The molecule has 21 nitrogen and oxygen atoms in total. The lowest BCUT2D eigenvalue weighted by molar-refractivity contribution is -0.173. The van der Waals surface area contributed by atoms with Crippen molar-refractivity contribution < 1.29 is 60.1 Å². The van der Waals surface area contributed by atoms with Crippen LogP contribution in [0.1, 0.15) is 84.9 Å². The summed E-state index contributed by atoms with van der Waals surface area (Å²) < 4.78 is 101. The summed E-state index contributed by atoms with van der Waals surface area (Å²) in [4.78, 5) is 96.0. The molecule has 11 rings (SSSR count). The Morgan fingerprint density at radius 3 is 2.39 bits per heavy atom. The first-order valence-corrected chi connectivity index (χ1v) is 29.0. The summed E-state index contributed by atoms with van der Waals surface area (Å²) in [6.45, 7) is 11.0. The number of aryl methyl sites for hydroxylation is 2. The molecule has 4 N–H and O–H groups in total. The number of halogens is 6. The molecule has 5 aliphatic rings. The van der Waals surface area contributed by atoms with Crippen molar-refractivity contribution in [2.75, 3.05) is 77.2 Å². The van der Waals surface area contributed by atoms with E-state index in [0.717, 1.165) is 25.5 Å². The lowest BCUT2D eigenvalue weighted by Gasteiger charge is -2.41. The Kier molecular flexibility index (Phi) is 16.1. The average Bonchev–Trinajstić information content (AvgIpc) is 1.70. The first kappa shape index (κ1) is 60.5. The van der Waals surface area contributed by atoms with Gasteiger partial charge in [-0.15, -0.1) is 0 Å².